The van der Waals surface area contributed by atoms with E-state index in [4.69, 9.17) is 0 Å². The maximum atomic E-state index is 13.1. The van der Waals surface area contributed by atoms with Crippen LogP contribution in [0.1, 0.15) is 47.0 Å². The largest absolute Gasteiger partial charge is 0.381 e. The van der Waals surface area contributed by atoms with E-state index in [1.807, 2.05) is 6.07 Å². The van der Waals surface area contributed by atoms with Crippen molar-refractivity contribution in [2.75, 3.05) is 5.32 Å². The average molecular weight is 375 g/mol. The van der Waals surface area contributed by atoms with Crippen molar-refractivity contribution < 1.29 is 4.39 Å². The van der Waals surface area contributed by atoms with Crippen LogP contribution in [-0.4, -0.2) is 6.04 Å². The Morgan fingerprint density at radius 3 is 2.26 bits per heavy atom. The minimum atomic E-state index is -0.167. The van der Waals surface area contributed by atoms with Crippen molar-refractivity contribution >= 4 is 28.3 Å². The molecule has 1 aromatic carbocycles. The standard InChI is InChI=1S/C16H23FIN/c1-15(2)8-12(9-16(3,4)10-15)19-14-6-5-11(17)7-13(14)18/h5-7,12,19H,8-10H2,1-4H3. The summed E-state index contributed by atoms with van der Waals surface area (Å²) < 4.78 is 14.1. The van der Waals surface area contributed by atoms with E-state index in [9.17, 15) is 4.39 Å². The van der Waals surface area contributed by atoms with Crippen LogP contribution in [0.4, 0.5) is 10.1 Å². The molecule has 2 rings (SSSR count). The van der Waals surface area contributed by atoms with Crippen LogP contribution in [0.5, 0.6) is 0 Å². The van der Waals surface area contributed by atoms with Crippen molar-refractivity contribution in [3.8, 4) is 0 Å². The number of anilines is 1. The number of hydrogen-bond acceptors (Lipinski definition) is 1. The highest BCUT2D eigenvalue weighted by atomic mass is 127. The first kappa shape index (κ1) is 15.1. The molecule has 106 valence electrons. The Labute approximate surface area is 129 Å². The molecule has 0 saturated heterocycles. The van der Waals surface area contributed by atoms with Gasteiger partial charge < -0.3 is 5.32 Å². The molecule has 3 heteroatoms. The molecule has 1 nitrogen and oxygen atoms in total. The van der Waals surface area contributed by atoms with Crippen molar-refractivity contribution in [2.45, 2.75) is 53.0 Å². The van der Waals surface area contributed by atoms with E-state index in [0.29, 0.717) is 16.9 Å². The maximum absolute atomic E-state index is 13.1. The Bertz CT molecular complexity index is 452. The third kappa shape index (κ3) is 4.07. The van der Waals surface area contributed by atoms with Crippen LogP contribution < -0.4 is 5.32 Å². The van der Waals surface area contributed by atoms with Gasteiger partial charge in [-0.25, -0.2) is 4.39 Å². The molecule has 1 N–H and O–H groups in total. The highest BCUT2D eigenvalue weighted by Crippen LogP contribution is 2.46. The number of benzene rings is 1. The van der Waals surface area contributed by atoms with Gasteiger partial charge in [0, 0.05) is 15.3 Å². The molecule has 1 saturated carbocycles. The molecule has 19 heavy (non-hydrogen) atoms. The van der Waals surface area contributed by atoms with Crippen LogP contribution in [-0.2, 0) is 0 Å². The zero-order valence-electron chi connectivity index (χ0n) is 12.2. The summed E-state index contributed by atoms with van der Waals surface area (Å²) in [5.74, 6) is -0.167. The van der Waals surface area contributed by atoms with E-state index >= 15 is 0 Å². The van der Waals surface area contributed by atoms with Crippen LogP contribution >= 0.6 is 22.6 Å². The topological polar surface area (TPSA) is 12.0 Å². The molecule has 0 aliphatic heterocycles. The summed E-state index contributed by atoms with van der Waals surface area (Å²) >= 11 is 2.20. The fourth-order valence-electron chi connectivity index (χ4n) is 3.77. The third-order valence-electron chi connectivity index (χ3n) is 3.85. The zero-order valence-corrected chi connectivity index (χ0v) is 14.3. The van der Waals surface area contributed by atoms with Gasteiger partial charge in [-0.1, -0.05) is 27.7 Å². The van der Waals surface area contributed by atoms with Crippen molar-refractivity contribution in [1.29, 1.82) is 0 Å². The Morgan fingerprint density at radius 1 is 1.16 bits per heavy atom. The average Bonchev–Trinajstić information content (AvgIpc) is 2.17. The Morgan fingerprint density at radius 2 is 1.74 bits per heavy atom. The van der Waals surface area contributed by atoms with Crippen molar-refractivity contribution in [3.05, 3.63) is 27.6 Å². The highest BCUT2D eigenvalue weighted by Gasteiger charge is 2.38. The van der Waals surface area contributed by atoms with Crippen molar-refractivity contribution in [3.63, 3.8) is 0 Å². The molecule has 0 radical (unpaired) electrons. The first-order valence-electron chi connectivity index (χ1n) is 6.89. The molecule has 1 aliphatic rings. The lowest BCUT2D eigenvalue weighted by molar-refractivity contribution is 0.105. The van der Waals surface area contributed by atoms with E-state index in [-0.39, 0.29) is 5.82 Å². The van der Waals surface area contributed by atoms with Gasteiger partial charge in [-0.3, -0.25) is 0 Å². The molecule has 0 heterocycles. The fourth-order valence-corrected chi connectivity index (χ4v) is 4.41. The van der Waals surface area contributed by atoms with Gasteiger partial charge in [0.15, 0.2) is 0 Å². The summed E-state index contributed by atoms with van der Waals surface area (Å²) in [6.45, 7) is 9.38. The van der Waals surface area contributed by atoms with Crippen LogP contribution in [0.25, 0.3) is 0 Å². The molecule has 0 aromatic heterocycles. The second-order valence-electron chi connectivity index (χ2n) is 7.38. The highest BCUT2D eigenvalue weighted by molar-refractivity contribution is 14.1. The summed E-state index contributed by atoms with van der Waals surface area (Å²) in [5, 5.41) is 3.61. The number of nitrogens with one attached hydrogen (secondary N) is 1. The quantitative estimate of drug-likeness (QED) is 0.678. The zero-order chi connectivity index (χ0) is 14.3. The van der Waals surface area contributed by atoms with Gasteiger partial charge in [-0.05, 0) is 70.9 Å². The molecular formula is C16H23FIN. The predicted octanol–water partition coefficient (Wildman–Crippen LogP) is 5.45. The maximum Gasteiger partial charge on any atom is 0.124 e. The summed E-state index contributed by atoms with van der Waals surface area (Å²) in [4.78, 5) is 0. The van der Waals surface area contributed by atoms with E-state index in [1.54, 1.807) is 6.07 Å². The van der Waals surface area contributed by atoms with E-state index in [0.717, 1.165) is 9.26 Å². The Balaban J connectivity index is 2.14. The minimum absolute atomic E-state index is 0.167. The van der Waals surface area contributed by atoms with Gasteiger partial charge in [-0.2, -0.15) is 0 Å². The molecular weight excluding hydrogens is 352 g/mol. The van der Waals surface area contributed by atoms with E-state index in [2.05, 4.69) is 55.6 Å². The predicted molar refractivity (Wildman–Crippen MR) is 87.9 cm³/mol. The van der Waals surface area contributed by atoms with Gasteiger partial charge in [0.05, 0.1) is 0 Å². The van der Waals surface area contributed by atoms with Gasteiger partial charge in [0.1, 0.15) is 5.82 Å². The lowest BCUT2D eigenvalue weighted by atomic mass is 9.63. The smallest absolute Gasteiger partial charge is 0.124 e. The Kier molecular flexibility index (Phi) is 4.15. The summed E-state index contributed by atoms with van der Waals surface area (Å²) in [6.07, 6.45) is 3.60. The molecule has 0 amide bonds. The third-order valence-corrected chi connectivity index (χ3v) is 4.74. The van der Waals surface area contributed by atoms with Crippen LogP contribution in [0.2, 0.25) is 0 Å². The normalized spacial score (nSPS) is 22.2. The van der Waals surface area contributed by atoms with Gasteiger partial charge in [0.2, 0.25) is 0 Å². The van der Waals surface area contributed by atoms with Gasteiger partial charge in [-0.15, -0.1) is 0 Å². The molecule has 0 spiro atoms. The Hall–Kier alpha value is -0.320. The molecule has 1 fully saturated rings. The summed E-state index contributed by atoms with van der Waals surface area (Å²) in [5.41, 5.74) is 1.79. The second kappa shape index (κ2) is 5.23. The molecule has 1 aromatic rings. The number of rotatable bonds is 2. The van der Waals surface area contributed by atoms with E-state index < -0.39 is 0 Å². The summed E-state index contributed by atoms with van der Waals surface area (Å²) in [7, 11) is 0. The first-order chi connectivity index (χ1) is 8.67. The van der Waals surface area contributed by atoms with Crippen LogP contribution in [0.15, 0.2) is 18.2 Å². The monoisotopic (exact) mass is 375 g/mol. The van der Waals surface area contributed by atoms with E-state index in [1.165, 1.54) is 25.3 Å². The van der Waals surface area contributed by atoms with Gasteiger partial charge >= 0.3 is 0 Å². The SMILES string of the molecule is CC1(C)CC(Nc2ccc(F)cc2I)CC(C)(C)C1. The van der Waals surface area contributed by atoms with Gasteiger partial charge in [0.25, 0.3) is 0 Å². The molecule has 0 bridgehead atoms. The summed E-state index contributed by atoms with van der Waals surface area (Å²) in [6, 6.07) is 5.44. The van der Waals surface area contributed by atoms with Crippen molar-refractivity contribution in [1.82, 2.24) is 0 Å². The fraction of sp³-hybridized carbons (Fsp3) is 0.625. The molecule has 0 unspecified atom stereocenters. The van der Waals surface area contributed by atoms with Crippen LogP contribution in [0.3, 0.4) is 0 Å². The lowest BCUT2D eigenvalue weighted by Gasteiger charge is -2.45. The molecule has 1 aliphatic carbocycles. The van der Waals surface area contributed by atoms with Crippen LogP contribution in [0, 0.1) is 20.2 Å². The minimum Gasteiger partial charge on any atom is -0.381 e. The lowest BCUT2D eigenvalue weighted by Crippen LogP contribution is -2.40. The van der Waals surface area contributed by atoms with Crippen molar-refractivity contribution in [2.24, 2.45) is 10.8 Å². The first-order valence-corrected chi connectivity index (χ1v) is 7.96. The number of hydrogen-bond donors (Lipinski definition) is 1. The number of halogens is 2. The molecule has 0 atom stereocenters. The second-order valence-corrected chi connectivity index (χ2v) is 8.54.